The molecule has 3 heterocycles. The quantitative estimate of drug-likeness (QED) is 0.678. The Kier molecular flexibility index (Phi) is 4.67. The van der Waals surface area contributed by atoms with E-state index in [0.29, 0.717) is 30.8 Å². The summed E-state index contributed by atoms with van der Waals surface area (Å²) < 4.78 is 6.26. The number of carbonyl (C=O) groups excluding carboxylic acids is 2. The molecule has 0 saturated carbocycles. The third-order valence-electron chi connectivity index (χ3n) is 5.61. The average Bonchev–Trinajstić information content (AvgIpc) is 3.22. The molecule has 0 spiro atoms. The molecule has 0 radical (unpaired) electrons. The van der Waals surface area contributed by atoms with E-state index in [1.54, 1.807) is 34.3 Å². The van der Waals surface area contributed by atoms with Crippen LogP contribution in [0.15, 0.2) is 79.1 Å². The van der Waals surface area contributed by atoms with Gasteiger partial charge >= 0.3 is 0 Å². The van der Waals surface area contributed by atoms with Crippen LogP contribution < -0.4 is 9.64 Å². The Labute approximate surface area is 174 Å². The third-order valence-corrected chi connectivity index (χ3v) is 5.61. The molecule has 2 amide bonds. The first-order valence-corrected chi connectivity index (χ1v) is 10.0. The number of para-hydroxylation sites is 2. The van der Waals surface area contributed by atoms with E-state index in [2.05, 4.69) is 4.98 Å². The second kappa shape index (κ2) is 7.63. The fourth-order valence-electron chi connectivity index (χ4n) is 4.18. The van der Waals surface area contributed by atoms with Crippen LogP contribution in [0.4, 0.5) is 5.69 Å². The van der Waals surface area contributed by atoms with Crippen LogP contribution in [0.5, 0.6) is 5.75 Å². The van der Waals surface area contributed by atoms with Crippen LogP contribution in [0.2, 0.25) is 0 Å². The maximum Gasteiger partial charge on any atom is 0.254 e. The van der Waals surface area contributed by atoms with Gasteiger partial charge in [0, 0.05) is 24.4 Å². The molecule has 6 heteroatoms. The molecular formula is C24H21N3O3. The second-order valence-corrected chi connectivity index (χ2v) is 7.57. The molecule has 0 aliphatic carbocycles. The number of fused-ring (bicyclic) bond motifs is 3. The van der Waals surface area contributed by atoms with Crippen LogP contribution in [-0.2, 0) is 11.3 Å². The van der Waals surface area contributed by atoms with Gasteiger partial charge in [0.2, 0.25) is 5.91 Å². The number of amides is 2. The molecule has 2 aliphatic rings. The fraction of sp³-hybridized carbons (Fsp3) is 0.208. The molecule has 2 aromatic carbocycles. The minimum atomic E-state index is -0.562. The number of anilines is 1. The first-order valence-electron chi connectivity index (χ1n) is 10.0. The summed E-state index contributed by atoms with van der Waals surface area (Å²) in [7, 11) is 0. The van der Waals surface area contributed by atoms with Crippen molar-refractivity contribution in [3.8, 4) is 5.75 Å². The molecule has 2 atom stereocenters. The van der Waals surface area contributed by atoms with Crippen LogP contribution in [0.3, 0.4) is 0 Å². The minimum Gasteiger partial charge on any atom is -0.486 e. The van der Waals surface area contributed by atoms with E-state index in [9.17, 15) is 9.59 Å². The van der Waals surface area contributed by atoms with Gasteiger partial charge in [0.05, 0.1) is 18.8 Å². The average molecular weight is 399 g/mol. The first kappa shape index (κ1) is 18.4. The van der Waals surface area contributed by atoms with Crippen molar-refractivity contribution >= 4 is 17.5 Å². The smallest absolute Gasteiger partial charge is 0.254 e. The van der Waals surface area contributed by atoms with E-state index in [1.165, 1.54) is 0 Å². The molecule has 6 nitrogen and oxygen atoms in total. The van der Waals surface area contributed by atoms with Crippen LogP contribution >= 0.6 is 0 Å². The Morgan fingerprint density at radius 2 is 1.83 bits per heavy atom. The van der Waals surface area contributed by atoms with Crippen molar-refractivity contribution in [2.45, 2.75) is 25.1 Å². The first-order chi connectivity index (χ1) is 14.7. The maximum atomic E-state index is 13.7. The van der Waals surface area contributed by atoms with Crippen molar-refractivity contribution in [1.82, 2.24) is 9.88 Å². The lowest BCUT2D eigenvalue weighted by Crippen LogP contribution is -2.47. The van der Waals surface area contributed by atoms with Crippen LogP contribution in [0.25, 0.3) is 0 Å². The molecule has 2 aliphatic heterocycles. The maximum absolute atomic E-state index is 13.7. The third kappa shape index (κ3) is 3.30. The highest BCUT2D eigenvalue weighted by molar-refractivity contribution is 6.03. The van der Waals surface area contributed by atoms with Crippen LogP contribution in [0, 0.1) is 0 Å². The van der Waals surface area contributed by atoms with Crippen LogP contribution in [0.1, 0.15) is 22.3 Å². The molecule has 0 N–H and O–H groups in total. The summed E-state index contributed by atoms with van der Waals surface area (Å²) in [5.74, 6) is 0.418. The Morgan fingerprint density at radius 3 is 2.63 bits per heavy atom. The lowest BCUT2D eigenvalue weighted by Gasteiger charge is -2.31. The van der Waals surface area contributed by atoms with Gasteiger partial charge in [-0.15, -0.1) is 0 Å². The van der Waals surface area contributed by atoms with Crippen molar-refractivity contribution in [3.05, 3.63) is 90.3 Å². The van der Waals surface area contributed by atoms with E-state index in [-0.39, 0.29) is 17.9 Å². The Morgan fingerprint density at radius 1 is 1.03 bits per heavy atom. The van der Waals surface area contributed by atoms with E-state index in [0.717, 1.165) is 11.3 Å². The van der Waals surface area contributed by atoms with Gasteiger partial charge in [-0.05, 0) is 35.9 Å². The number of likely N-dealkylation sites (tertiary alicyclic amines) is 1. The molecule has 1 aromatic heterocycles. The number of nitrogens with zero attached hydrogens (tertiary/aromatic N) is 3. The molecule has 2 bridgehead atoms. The highest BCUT2D eigenvalue weighted by Gasteiger charge is 2.45. The Bertz CT molecular complexity index is 1070. The summed E-state index contributed by atoms with van der Waals surface area (Å²) in [4.78, 5) is 34.5. The number of hydrogen-bond acceptors (Lipinski definition) is 4. The van der Waals surface area contributed by atoms with E-state index >= 15 is 0 Å². The molecule has 2 unspecified atom stereocenters. The number of aromatic nitrogens is 1. The summed E-state index contributed by atoms with van der Waals surface area (Å²) >= 11 is 0. The molecule has 30 heavy (non-hydrogen) atoms. The minimum absolute atomic E-state index is 0.0959. The van der Waals surface area contributed by atoms with E-state index < -0.39 is 6.04 Å². The number of benzene rings is 2. The van der Waals surface area contributed by atoms with Crippen molar-refractivity contribution in [2.75, 3.05) is 11.4 Å². The number of rotatable bonds is 3. The van der Waals surface area contributed by atoms with Crippen molar-refractivity contribution < 1.29 is 14.3 Å². The fourth-order valence-corrected chi connectivity index (χ4v) is 4.18. The topological polar surface area (TPSA) is 62.7 Å². The van der Waals surface area contributed by atoms with Gasteiger partial charge in [-0.1, -0.05) is 36.4 Å². The number of carbonyl (C=O) groups is 2. The summed E-state index contributed by atoms with van der Waals surface area (Å²) in [5, 5.41) is 0. The molecule has 1 saturated heterocycles. The monoisotopic (exact) mass is 399 g/mol. The Hall–Kier alpha value is -3.67. The van der Waals surface area contributed by atoms with Gasteiger partial charge in [0.25, 0.3) is 5.91 Å². The van der Waals surface area contributed by atoms with Crippen molar-refractivity contribution in [2.24, 2.45) is 0 Å². The second-order valence-electron chi connectivity index (χ2n) is 7.57. The Balaban J connectivity index is 1.53. The summed E-state index contributed by atoms with van der Waals surface area (Å²) in [6, 6.07) is 19.9. The zero-order chi connectivity index (χ0) is 20.5. The standard InChI is InChI=1S/C24H21N3O3/c28-23(18-8-2-1-3-9-18)27-16-19-13-21(27)24(29)26(15-17-7-6-12-25-14-17)20-10-4-5-11-22(20)30-19/h1-12,14,19,21H,13,15-16H2. The summed E-state index contributed by atoms with van der Waals surface area (Å²) in [6.07, 6.45) is 3.72. The number of hydrogen-bond donors (Lipinski definition) is 0. The van der Waals surface area contributed by atoms with Gasteiger partial charge in [-0.2, -0.15) is 0 Å². The predicted octanol–water partition coefficient (Wildman–Crippen LogP) is 3.29. The zero-order valence-electron chi connectivity index (χ0n) is 16.3. The molecule has 3 aromatic rings. The van der Waals surface area contributed by atoms with Gasteiger partial charge in [-0.25, -0.2) is 0 Å². The number of ether oxygens (including phenoxy) is 1. The normalized spacial score (nSPS) is 20.2. The van der Waals surface area contributed by atoms with Gasteiger partial charge in [-0.3, -0.25) is 14.6 Å². The number of pyridine rings is 1. The SMILES string of the molecule is O=C1C2CC(CN2C(=O)c2ccccc2)Oc2ccccc2N1Cc1cccnc1. The molecular weight excluding hydrogens is 378 g/mol. The summed E-state index contributed by atoms with van der Waals surface area (Å²) in [6.45, 7) is 0.751. The highest BCUT2D eigenvalue weighted by atomic mass is 16.5. The largest absolute Gasteiger partial charge is 0.486 e. The molecule has 150 valence electrons. The molecule has 5 rings (SSSR count). The van der Waals surface area contributed by atoms with Gasteiger partial charge in [0.15, 0.2) is 0 Å². The lowest BCUT2D eigenvalue weighted by atomic mass is 10.1. The predicted molar refractivity (Wildman–Crippen MR) is 112 cm³/mol. The summed E-state index contributed by atoms with van der Waals surface area (Å²) in [5.41, 5.74) is 2.21. The molecule has 1 fully saturated rings. The highest BCUT2D eigenvalue weighted by Crippen LogP contribution is 2.37. The van der Waals surface area contributed by atoms with Crippen LogP contribution in [-0.4, -0.2) is 40.4 Å². The zero-order valence-corrected chi connectivity index (χ0v) is 16.3. The van der Waals surface area contributed by atoms with E-state index in [4.69, 9.17) is 4.74 Å². The van der Waals surface area contributed by atoms with E-state index in [1.807, 2.05) is 54.6 Å². The van der Waals surface area contributed by atoms with Gasteiger partial charge < -0.3 is 14.5 Å². The van der Waals surface area contributed by atoms with Crippen molar-refractivity contribution in [3.63, 3.8) is 0 Å². The van der Waals surface area contributed by atoms with Crippen molar-refractivity contribution in [1.29, 1.82) is 0 Å². The van der Waals surface area contributed by atoms with Gasteiger partial charge in [0.1, 0.15) is 17.9 Å². The lowest BCUT2D eigenvalue weighted by molar-refractivity contribution is -0.122.